The highest BCUT2D eigenvalue weighted by Gasteiger charge is 2.20. The molecule has 0 aliphatic heterocycles. The van der Waals surface area contributed by atoms with Gasteiger partial charge in [-0.05, 0) is 19.0 Å². The van der Waals surface area contributed by atoms with Crippen LogP contribution in [0.15, 0.2) is 50.6 Å². The number of sulfonamides is 1. The van der Waals surface area contributed by atoms with Crippen LogP contribution in [0.5, 0.6) is 0 Å². The van der Waals surface area contributed by atoms with Crippen LogP contribution in [-0.4, -0.2) is 25.6 Å². The van der Waals surface area contributed by atoms with Crippen LogP contribution in [0.4, 0.5) is 0 Å². The number of nitrogens with zero attached hydrogens (tertiary/aromatic N) is 2. The van der Waals surface area contributed by atoms with Gasteiger partial charge in [0, 0.05) is 11.6 Å². The molecule has 8 heteroatoms. The van der Waals surface area contributed by atoms with Gasteiger partial charge in [-0.2, -0.15) is 4.98 Å². The van der Waals surface area contributed by atoms with E-state index >= 15 is 0 Å². The molecule has 1 aromatic carbocycles. The van der Waals surface area contributed by atoms with Gasteiger partial charge in [-0.15, -0.1) is 0 Å². The van der Waals surface area contributed by atoms with Gasteiger partial charge in [0.2, 0.25) is 10.9 Å². The standard InChI is InChI=1S/C15H15N3O4S/c1-3-10-6-4-5-7-12(10)14-17-15(22-18-14)11-8-13(21-9-11)23(19,20)16-2/h4-9,16H,3H2,1-2H3. The van der Waals surface area contributed by atoms with Crippen LogP contribution in [0, 0.1) is 0 Å². The summed E-state index contributed by atoms with van der Waals surface area (Å²) in [5.41, 5.74) is 2.40. The van der Waals surface area contributed by atoms with Gasteiger partial charge >= 0.3 is 0 Å². The summed E-state index contributed by atoms with van der Waals surface area (Å²) in [5.74, 6) is 0.656. The fraction of sp³-hybridized carbons (Fsp3) is 0.200. The Bertz CT molecular complexity index is 928. The second kappa shape index (κ2) is 5.98. The zero-order valence-corrected chi connectivity index (χ0v) is 13.4. The van der Waals surface area contributed by atoms with E-state index in [1.807, 2.05) is 31.2 Å². The number of furan rings is 1. The van der Waals surface area contributed by atoms with Crippen LogP contribution in [0.1, 0.15) is 12.5 Å². The number of hydrogen-bond donors (Lipinski definition) is 1. The molecule has 0 saturated heterocycles. The van der Waals surface area contributed by atoms with Crippen LogP contribution in [0.25, 0.3) is 22.8 Å². The van der Waals surface area contributed by atoms with Crippen molar-refractivity contribution < 1.29 is 17.4 Å². The van der Waals surface area contributed by atoms with Crippen molar-refractivity contribution in [1.29, 1.82) is 0 Å². The van der Waals surface area contributed by atoms with Gasteiger partial charge in [-0.3, -0.25) is 0 Å². The van der Waals surface area contributed by atoms with Crippen molar-refractivity contribution in [3.63, 3.8) is 0 Å². The fourth-order valence-electron chi connectivity index (χ4n) is 2.17. The van der Waals surface area contributed by atoms with E-state index in [4.69, 9.17) is 8.94 Å². The maximum atomic E-state index is 11.7. The molecule has 0 aliphatic rings. The summed E-state index contributed by atoms with van der Waals surface area (Å²) < 4.78 is 35.8. The molecule has 3 rings (SSSR count). The lowest BCUT2D eigenvalue weighted by Gasteiger charge is -2.01. The van der Waals surface area contributed by atoms with E-state index in [2.05, 4.69) is 14.9 Å². The van der Waals surface area contributed by atoms with Gasteiger partial charge in [-0.1, -0.05) is 36.3 Å². The van der Waals surface area contributed by atoms with Crippen LogP contribution in [0.2, 0.25) is 0 Å². The van der Waals surface area contributed by atoms with E-state index in [0.717, 1.165) is 17.5 Å². The molecule has 0 amide bonds. The van der Waals surface area contributed by atoms with Crippen LogP contribution < -0.4 is 4.72 Å². The van der Waals surface area contributed by atoms with Crippen LogP contribution in [0.3, 0.4) is 0 Å². The Hall–Kier alpha value is -2.45. The molecule has 3 aromatic rings. The molecule has 7 nitrogen and oxygen atoms in total. The lowest BCUT2D eigenvalue weighted by molar-refractivity contribution is 0.429. The summed E-state index contributed by atoms with van der Waals surface area (Å²) in [4.78, 5) is 4.33. The molecule has 2 aromatic heterocycles. The first kappa shape index (κ1) is 15.4. The molecule has 0 spiro atoms. The SMILES string of the molecule is CCc1ccccc1-c1noc(-c2coc(S(=O)(=O)NC)c2)n1. The average molecular weight is 333 g/mol. The number of hydrogen-bond acceptors (Lipinski definition) is 6. The second-order valence-electron chi connectivity index (χ2n) is 4.80. The predicted octanol–water partition coefficient (Wildman–Crippen LogP) is 2.47. The Labute approximate surface area is 133 Å². The molecule has 0 radical (unpaired) electrons. The third-order valence-corrected chi connectivity index (χ3v) is 4.70. The molecule has 23 heavy (non-hydrogen) atoms. The van der Waals surface area contributed by atoms with Crippen molar-refractivity contribution in [2.75, 3.05) is 7.05 Å². The van der Waals surface area contributed by atoms with E-state index in [0.29, 0.717) is 11.4 Å². The molecule has 0 atom stereocenters. The molecule has 0 fully saturated rings. The summed E-state index contributed by atoms with van der Waals surface area (Å²) in [6.45, 7) is 2.05. The second-order valence-corrected chi connectivity index (χ2v) is 6.61. The van der Waals surface area contributed by atoms with Crippen molar-refractivity contribution in [3.8, 4) is 22.8 Å². The summed E-state index contributed by atoms with van der Waals surface area (Å²) in [6.07, 6.45) is 2.11. The maximum Gasteiger partial charge on any atom is 0.273 e. The van der Waals surface area contributed by atoms with Gasteiger partial charge in [0.1, 0.15) is 6.26 Å². The highest BCUT2D eigenvalue weighted by Crippen LogP contribution is 2.27. The monoisotopic (exact) mass is 333 g/mol. The van der Waals surface area contributed by atoms with Crippen molar-refractivity contribution in [1.82, 2.24) is 14.9 Å². The Kier molecular flexibility index (Phi) is 4.01. The van der Waals surface area contributed by atoms with Gasteiger partial charge < -0.3 is 8.94 Å². The molecule has 0 unspecified atom stereocenters. The van der Waals surface area contributed by atoms with Crippen molar-refractivity contribution in [2.24, 2.45) is 0 Å². The summed E-state index contributed by atoms with van der Waals surface area (Å²) >= 11 is 0. The zero-order valence-electron chi connectivity index (χ0n) is 12.6. The quantitative estimate of drug-likeness (QED) is 0.770. The molecular weight excluding hydrogens is 318 g/mol. The number of aromatic nitrogens is 2. The Morgan fingerprint density at radius 2 is 2.04 bits per heavy atom. The van der Waals surface area contributed by atoms with Crippen molar-refractivity contribution >= 4 is 10.0 Å². The zero-order chi connectivity index (χ0) is 16.4. The number of nitrogens with one attached hydrogen (secondary N) is 1. The predicted molar refractivity (Wildman–Crippen MR) is 83.1 cm³/mol. The minimum Gasteiger partial charge on any atom is -0.451 e. The first-order chi connectivity index (χ1) is 11.0. The highest BCUT2D eigenvalue weighted by atomic mass is 32.2. The molecule has 1 N–H and O–H groups in total. The Morgan fingerprint density at radius 1 is 1.26 bits per heavy atom. The van der Waals surface area contributed by atoms with E-state index in [-0.39, 0.29) is 11.0 Å². The lowest BCUT2D eigenvalue weighted by atomic mass is 10.1. The first-order valence-electron chi connectivity index (χ1n) is 6.99. The van der Waals surface area contributed by atoms with Crippen LogP contribution in [-0.2, 0) is 16.4 Å². The van der Waals surface area contributed by atoms with Crippen LogP contribution >= 0.6 is 0 Å². The summed E-state index contributed by atoms with van der Waals surface area (Å²) in [6, 6.07) is 9.11. The molecule has 0 aliphatic carbocycles. The van der Waals surface area contributed by atoms with Gasteiger partial charge in [-0.25, -0.2) is 13.1 Å². The van der Waals surface area contributed by atoms with E-state index in [9.17, 15) is 8.42 Å². The summed E-state index contributed by atoms with van der Waals surface area (Å²) in [7, 11) is -2.34. The van der Waals surface area contributed by atoms with Gasteiger partial charge in [0.05, 0.1) is 5.56 Å². The molecule has 120 valence electrons. The minimum atomic E-state index is -3.65. The largest absolute Gasteiger partial charge is 0.451 e. The number of aryl methyl sites for hydroxylation is 1. The molecular formula is C15H15N3O4S. The molecule has 0 saturated carbocycles. The Morgan fingerprint density at radius 3 is 2.78 bits per heavy atom. The van der Waals surface area contributed by atoms with Gasteiger partial charge in [0.15, 0.2) is 0 Å². The third kappa shape index (κ3) is 2.90. The smallest absolute Gasteiger partial charge is 0.273 e. The Balaban J connectivity index is 1.97. The fourth-order valence-corrected chi connectivity index (χ4v) is 2.83. The highest BCUT2D eigenvalue weighted by molar-refractivity contribution is 7.89. The number of benzene rings is 1. The topological polar surface area (TPSA) is 98.2 Å². The lowest BCUT2D eigenvalue weighted by Crippen LogP contribution is -2.17. The maximum absolute atomic E-state index is 11.7. The van der Waals surface area contributed by atoms with Crippen molar-refractivity contribution in [3.05, 3.63) is 42.2 Å². The van der Waals surface area contributed by atoms with E-state index < -0.39 is 10.0 Å². The average Bonchev–Trinajstić information content (AvgIpc) is 3.24. The molecule has 0 bridgehead atoms. The molecule has 2 heterocycles. The third-order valence-electron chi connectivity index (χ3n) is 3.42. The first-order valence-corrected chi connectivity index (χ1v) is 8.48. The minimum absolute atomic E-state index is 0.201. The van der Waals surface area contributed by atoms with Crippen molar-refractivity contribution in [2.45, 2.75) is 18.4 Å². The number of rotatable bonds is 5. The van der Waals surface area contributed by atoms with E-state index in [1.165, 1.54) is 19.4 Å². The van der Waals surface area contributed by atoms with Gasteiger partial charge in [0.25, 0.3) is 15.9 Å². The summed E-state index contributed by atoms with van der Waals surface area (Å²) in [5, 5.41) is 3.77. The normalized spacial score (nSPS) is 11.7. The van der Waals surface area contributed by atoms with E-state index in [1.54, 1.807) is 0 Å².